The lowest BCUT2D eigenvalue weighted by Crippen LogP contribution is -2.30. The third-order valence-corrected chi connectivity index (χ3v) is 10.3. The molecule has 0 heterocycles. The van der Waals surface area contributed by atoms with Crippen molar-refractivity contribution in [3.05, 3.63) is 146 Å². The highest BCUT2D eigenvalue weighted by atomic mass is 16.6. The predicted octanol–water partition coefficient (Wildman–Crippen LogP) is 17.3. The molecule has 1 atom stereocenters. The van der Waals surface area contributed by atoms with E-state index < -0.39 is 6.10 Å². The van der Waals surface area contributed by atoms with Gasteiger partial charge in [-0.05, 0) is 77.0 Å². The lowest BCUT2D eigenvalue weighted by molar-refractivity contribution is -0.167. The summed E-state index contributed by atoms with van der Waals surface area (Å²) < 4.78 is 16.7. The Bertz CT molecular complexity index is 1510. The molecule has 66 heavy (non-hydrogen) atoms. The number of esters is 3. The summed E-state index contributed by atoms with van der Waals surface area (Å²) in [6.07, 6.45) is 75.4. The molecule has 0 aromatic carbocycles. The summed E-state index contributed by atoms with van der Waals surface area (Å²) in [4.78, 5) is 38.0. The van der Waals surface area contributed by atoms with Crippen LogP contribution in [0.25, 0.3) is 0 Å². The molecule has 0 rings (SSSR count). The van der Waals surface area contributed by atoms with Crippen molar-refractivity contribution in [3.8, 4) is 0 Å². The van der Waals surface area contributed by atoms with Gasteiger partial charge in [0.15, 0.2) is 6.10 Å². The van der Waals surface area contributed by atoms with E-state index in [4.69, 9.17) is 14.2 Å². The first-order valence-electron chi connectivity index (χ1n) is 25.9. The van der Waals surface area contributed by atoms with Crippen molar-refractivity contribution < 1.29 is 28.6 Å². The molecule has 0 aromatic heterocycles. The van der Waals surface area contributed by atoms with Crippen LogP contribution in [0, 0.1) is 0 Å². The quantitative estimate of drug-likeness (QED) is 0.0199. The molecule has 6 heteroatoms. The minimum Gasteiger partial charge on any atom is -0.462 e. The van der Waals surface area contributed by atoms with E-state index in [-0.39, 0.29) is 44.0 Å². The maximum atomic E-state index is 12.8. The van der Waals surface area contributed by atoms with Crippen molar-refractivity contribution in [2.24, 2.45) is 0 Å². The summed E-state index contributed by atoms with van der Waals surface area (Å²) in [5.74, 6) is -1.04. The number of hydrogen-bond donors (Lipinski definition) is 0. The van der Waals surface area contributed by atoms with Crippen LogP contribution in [0.5, 0.6) is 0 Å². The number of carbonyl (C=O) groups excluding carboxylic acids is 3. The molecule has 0 radical (unpaired) electrons. The second-order valence-corrected chi connectivity index (χ2v) is 16.5. The Labute approximate surface area is 404 Å². The topological polar surface area (TPSA) is 78.9 Å². The number of rotatable bonds is 44. The number of unbranched alkanes of at least 4 members (excludes halogenated alkanes) is 15. The Morgan fingerprint density at radius 3 is 1.14 bits per heavy atom. The van der Waals surface area contributed by atoms with Crippen LogP contribution in [0.15, 0.2) is 146 Å². The van der Waals surface area contributed by atoms with Crippen LogP contribution in [-0.2, 0) is 28.6 Å². The average molecular weight is 909 g/mol. The Balaban J connectivity index is 4.61. The molecule has 0 aliphatic heterocycles. The molecule has 0 aromatic rings. The average Bonchev–Trinajstić information content (AvgIpc) is 3.31. The van der Waals surface area contributed by atoms with E-state index in [1.807, 2.05) is 72.9 Å². The minimum atomic E-state index is -0.831. The van der Waals surface area contributed by atoms with Crippen LogP contribution >= 0.6 is 0 Å². The fourth-order valence-corrected chi connectivity index (χ4v) is 6.46. The van der Waals surface area contributed by atoms with Gasteiger partial charge in [0.25, 0.3) is 0 Å². The van der Waals surface area contributed by atoms with Gasteiger partial charge < -0.3 is 14.2 Å². The van der Waals surface area contributed by atoms with Crippen molar-refractivity contribution in [1.82, 2.24) is 0 Å². The summed E-state index contributed by atoms with van der Waals surface area (Å²) in [7, 11) is 0. The van der Waals surface area contributed by atoms with E-state index >= 15 is 0 Å². The minimum absolute atomic E-state index is 0.120. The van der Waals surface area contributed by atoms with Crippen LogP contribution in [0.3, 0.4) is 0 Å². The third kappa shape index (κ3) is 50.3. The van der Waals surface area contributed by atoms with Crippen LogP contribution in [0.2, 0.25) is 0 Å². The Hall–Kier alpha value is -4.71. The molecule has 0 fully saturated rings. The zero-order valence-electron chi connectivity index (χ0n) is 41.9. The molecule has 0 aliphatic rings. The summed E-state index contributed by atoms with van der Waals surface area (Å²) in [5, 5.41) is 0. The zero-order valence-corrected chi connectivity index (χ0v) is 41.9. The summed E-state index contributed by atoms with van der Waals surface area (Å²) >= 11 is 0. The maximum Gasteiger partial charge on any atom is 0.306 e. The first-order valence-corrected chi connectivity index (χ1v) is 25.9. The smallest absolute Gasteiger partial charge is 0.306 e. The van der Waals surface area contributed by atoms with Gasteiger partial charge in [0.05, 0.1) is 0 Å². The second-order valence-electron chi connectivity index (χ2n) is 16.5. The standard InChI is InChI=1S/C60H92O6/c1-4-7-10-13-16-19-22-25-27-29-30-32-33-35-38-41-44-47-50-53-59(62)65-56-57(55-64-58(61)52-49-46-43-40-37-24-21-18-15-12-9-6-3)66-60(63)54-51-48-45-42-39-36-34-31-28-26-23-20-17-14-11-8-5-2/h7-8,10-11,13,16-17,19-20,22,25-30,32-36,38,42,45,57H,4-6,9,12,14-15,18,21,23-24,31,37,39-41,43-44,46-56H2,1-3H3/b10-7-,11-8-,16-13-,20-17-,22-19-,27-25-,28-26-,30-29+,33-32-,36-34-,38-35-,45-42-. The van der Waals surface area contributed by atoms with Gasteiger partial charge in [0, 0.05) is 19.3 Å². The number of hydrogen-bond acceptors (Lipinski definition) is 6. The van der Waals surface area contributed by atoms with E-state index in [1.54, 1.807) is 0 Å². The summed E-state index contributed by atoms with van der Waals surface area (Å²) in [6, 6.07) is 0. The van der Waals surface area contributed by atoms with Crippen LogP contribution in [0.1, 0.15) is 194 Å². The van der Waals surface area contributed by atoms with Crippen LogP contribution in [-0.4, -0.2) is 37.2 Å². The highest BCUT2D eigenvalue weighted by molar-refractivity contribution is 5.71. The molecule has 0 saturated carbocycles. The summed E-state index contributed by atoms with van der Waals surface area (Å²) in [6.45, 7) is 6.26. The normalized spacial score (nSPS) is 13.3. The molecule has 0 spiro atoms. The largest absolute Gasteiger partial charge is 0.462 e. The number of carbonyl (C=O) groups is 3. The Morgan fingerprint density at radius 2 is 0.682 bits per heavy atom. The molecule has 0 bridgehead atoms. The Morgan fingerprint density at radius 1 is 0.333 bits per heavy atom. The Kier molecular flexibility index (Phi) is 49.1. The van der Waals surface area contributed by atoms with Crippen LogP contribution in [0.4, 0.5) is 0 Å². The van der Waals surface area contributed by atoms with Gasteiger partial charge in [-0.25, -0.2) is 0 Å². The van der Waals surface area contributed by atoms with Gasteiger partial charge in [-0.3, -0.25) is 14.4 Å². The molecule has 0 aliphatic carbocycles. The maximum absolute atomic E-state index is 12.8. The molecule has 0 N–H and O–H groups in total. The molecular formula is C60H92O6. The van der Waals surface area contributed by atoms with Crippen molar-refractivity contribution in [3.63, 3.8) is 0 Å². The molecular weight excluding hydrogens is 817 g/mol. The zero-order chi connectivity index (χ0) is 47.9. The first-order chi connectivity index (χ1) is 32.5. The van der Waals surface area contributed by atoms with E-state index in [0.29, 0.717) is 19.3 Å². The van der Waals surface area contributed by atoms with Crippen molar-refractivity contribution >= 4 is 17.9 Å². The van der Waals surface area contributed by atoms with Crippen LogP contribution < -0.4 is 0 Å². The predicted molar refractivity (Wildman–Crippen MR) is 283 cm³/mol. The van der Waals surface area contributed by atoms with E-state index in [2.05, 4.69) is 93.7 Å². The van der Waals surface area contributed by atoms with Crippen molar-refractivity contribution in [2.45, 2.75) is 200 Å². The van der Waals surface area contributed by atoms with Gasteiger partial charge >= 0.3 is 17.9 Å². The first kappa shape index (κ1) is 61.3. The van der Waals surface area contributed by atoms with Crippen molar-refractivity contribution in [1.29, 1.82) is 0 Å². The van der Waals surface area contributed by atoms with E-state index in [0.717, 1.165) is 83.5 Å². The van der Waals surface area contributed by atoms with Gasteiger partial charge in [-0.2, -0.15) is 0 Å². The SMILES string of the molecule is CC\C=C/C=C\C=C/C=C\C=C\C=C/C=C\CCCCCC(=O)OCC(COC(=O)CCCCCCCCCCCCCC)OC(=O)CCC/C=C\C/C=C\C/C=C\C/C=C\C/C=C\CC. The monoisotopic (exact) mass is 909 g/mol. The van der Waals surface area contributed by atoms with Gasteiger partial charge in [0.2, 0.25) is 0 Å². The fourth-order valence-electron chi connectivity index (χ4n) is 6.46. The number of ether oxygens (including phenoxy) is 3. The van der Waals surface area contributed by atoms with Gasteiger partial charge in [0.1, 0.15) is 13.2 Å². The number of allylic oxidation sites excluding steroid dienone is 24. The van der Waals surface area contributed by atoms with Crippen molar-refractivity contribution in [2.75, 3.05) is 13.2 Å². The van der Waals surface area contributed by atoms with E-state index in [1.165, 1.54) is 57.8 Å². The lowest BCUT2D eigenvalue weighted by Gasteiger charge is -2.18. The van der Waals surface area contributed by atoms with Gasteiger partial charge in [-0.1, -0.05) is 244 Å². The lowest BCUT2D eigenvalue weighted by atomic mass is 10.0. The molecule has 6 nitrogen and oxygen atoms in total. The molecule has 1 unspecified atom stereocenters. The van der Waals surface area contributed by atoms with Gasteiger partial charge in [-0.15, -0.1) is 0 Å². The fraction of sp³-hybridized carbons (Fsp3) is 0.550. The molecule has 368 valence electrons. The van der Waals surface area contributed by atoms with E-state index in [9.17, 15) is 14.4 Å². The third-order valence-electron chi connectivity index (χ3n) is 10.3. The summed E-state index contributed by atoms with van der Waals surface area (Å²) in [5.41, 5.74) is 0. The highest BCUT2D eigenvalue weighted by Crippen LogP contribution is 2.13. The second kappa shape index (κ2) is 52.9. The highest BCUT2D eigenvalue weighted by Gasteiger charge is 2.19. The molecule has 0 saturated heterocycles. The molecule has 0 amide bonds.